The van der Waals surface area contributed by atoms with Gasteiger partial charge in [-0.1, -0.05) is 0 Å². The van der Waals surface area contributed by atoms with Crippen molar-refractivity contribution in [3.63, 3.8) is 0 Å². The summed E-state index contributed by atoms with van der Waals surface area (Å²) in [7, 11) is 1.85. The maximum absolute atomic E-state index is 5.50. The first kappa shape index (κ1) is 6.58. The Kier molecular flexibility index (Phi) is 1.73. The first-order valence-corrected chi connectivity index (χ1v) is 3.62. The Morgan fingerprint density at radius 3 is 2.56 bits per heavy atom. The Labute approximate surface area is 58.9 Å². The molecule has 0 amide bonds. The van der Waals surface area contributed by atoms with E-state index in [-0.39, 0.29) is 0 Å². The van der Waals surface area contributed by atoms with E-state index < -0.39 is 0 Å². The first-order chi connectivity index (χ1) is 4.22. The molecule has 9 heavy (non-hydrogen) atoms. The van der Waals surface area contributed by atoms with E-state index in [9.17, 15) is 0 Å². The fourth-order valence-electron chi connectivity index (χ4n) is 0.726. The molecule has 0 bridgehead atoms. The molecule has 0 saturated heterocycles. The van der Waals surface area contributed by atoms with Gasteiger partial charge in [0.05, 0.1) is 0 Å². The van der Waals surface area contributed by atoms with E-state index >= 15 is 0 Å². The van der Waals surface area contributed by atoms with Crippen LogP contribution in [-0.2, 0) is 0 Å². The average molecular weight is 142 g/mol. The highest BCUT2D eigenvalue weighted by molar-refractivity contribution is 7.14. The molecule has 0 aromatic carbocycles. The fraction of sp³-hybridized carbons (Fsp3) is 0.333. The SMILES string of the molecule is Cc1ccsc1N(C)N. The van der Waals surface area contributed by atoms with Gasteiger partial charge in [-0.3, -0.25) is 0 Å². The Hall–Kier alpha value is -0.540. The van der Waals surface area contributed by atoms with Crippen LogP contribution in [0.1, 0.15) is 5.56 Å². The van der Waals surface area contributed by atoms with Crippen molar-refractivity contribution in [2.45, 2.75) is 6.92 Å². The standard InChI is InChI=1S/C6H10N2S/c1-5-3-4-9-6(5)8(2)7/h3-4H,7H2,1-2H3. The van der Waals surface area contributed by atoms with E-state index in [1.807, 2.05) is 12.4 Å². The minimum absolute atomic E-state index is 1.13. The summed E-state index contributed by atoms with van der Waals surface area (Å²) in [4.78, 5) is 0. The number of anilines is 1. The number of hydrogen-bond donors (Lipinski definition) is 1. The van der Waals surface area contributed by atoms with Crippen LogP contribution in [0.2, 0.25) is 0 Å². The number of nitrogens with zero attached hydrogens (tertiary/aromatic N) is 1. The van der Waals surface area contributed by atoms with E-state index in [2.05, 4.69) is 13.0 Å². The summed E-state index contributed by atoms with van der Waals surface area (Å²) in [6.07, 6.45) is 0. The van der Waals surface area contributed by atoms with Crippen molar-refractivity contribution in [2.75, 3.05) is 12.1 Å². The van der Waals surface area contributed by atoms with Crippen LogP contribution in [0, 0.1) is 6.92 Å². The maximum atomic E-state index is 5.50. The summed E-state index contributed by atoms with van der Waals surface area (Å²) >= 11 is 1.66. The third-order valence-electron chi connectivity index (χ3n) is 1.16. The zero-order chi connectivity index (χ0) is 6.85. The van der Waals surface area contributed by atoms with Crippen LogP contribution < -0.4 is 10.9 Å². The lowest BCUT2D eigenvalue weighted by atomic mass is 10.4. The van der Waals surface area contributed by atoms with Crippen molar-refractivity contribution in [3.05, 3.63) is 17.0 Å². The molecule has 0 aliphatic carbocycles. The summed E-state index contributed by atoms with van der Waals surface area (Å²) in [5, 5.41) is 4.81. The fourth-order valence-corrected chi connectivity index (χ4v) is 1.55. The Morgan fingerprint density at radius 2 is 2.33 bits per heavy atom. The minimum atomic E-state index is 1.13. The van der Waals surface area contributed by atoms with Crippen LogP contribution >= 0.6 is 11.3 Å². The van der Waals surface area contributed by atoms with Crippen LogP contribution in [0.15, 0.2) is 11.4 Å². The third kappa shape index (κ3) is 1.23. The molecule has 1 aromatic rings. The molecule has 0 atom stereocenters. The molecule has 0 aliphatic rings. The Morgan fingerprint density at radius 1 is 1.67 bits per heavy atom. The van der Waals surface area contributed by atoms with Crippen molar-refractivity contribution >= 4 is 16.3 Å². The second-order valence-electron chi connectivity index (χ2n) is 2.02. The topological polar surface area (TPSA) is 29.3 Å². The molecule has 0 saturated carbocycles. The summed E-state index contributed by atoms with van der Waals surface area (Å²) in [5.74, 6) is 5.50. The van der Waals surface area contributed by atoms with E-state index in [4.69, 9.17) is 5.84 Å². The summed E-state index contributed by atoms with van der Waals surface area (Å²) in [6.45, 7) is 2.05. The highest BCUT2D eigenvalue weighted by atomic mass is 32.1. The minimum Gasteiger partial charge on any atom is -0.305 e. The highest BCUT2D eigenvalue weighted by Crippen LogP contribution is 2.22. The van der Waals surface area contributed by atoms with Gasteiger partial charge in [0, 0.05) is 7.05 Å². The molecule has 1 rings (SSSR count). The zero-order valence-corrected chi connectivity index (χ0v) is 6.40. The Balaban J connectivity index is 2.94. The molecule has 0 spiro atoms. The van der Waals surface area contributed by atoms with Crippen molar-refractivity contribution in [2.24, 2.45) is 5.84 Å². The van der Waals surface area contributed by atoms with Gasteiger partial charge in [0.1, 0.15) is 5.00 Å². The number of hydrazine groups is 1. The average Bonchev–Trinajstić information content (AvgIpc) is 2.13. The summed E-state index contributed by atoms with van der Waals surface area (Å²) in [5.41, 5.74) is 1.24. The molecule has 50 valence electrons. The smallest absolute Gasteiger partial charge is 0.108 e. The van der Waals surface area contributed by atoms with Gasteiger partial charge in [-0.25, -0.2) is 5.84 Å². The van der Waals surface area contributed by atoms with Crippen LogP contribution in [-0.4, -0.2) is 7.05 Å². The van der Waals surface area contributed by atoms with Gasteiger partial charge in [-0.05, 0) is 23.9 Å². The van der Waals surface area contributed by atoms with Crippen LogP contribution in [0.4, 0.5) is 5.00 Å². The van der Waals surface area contributed by atoms with E-state index in [1.165, 1.54) is 5.56 Å². The number of hydrogen-bond acceptors (Lipinski definition) is 3. The molecule has 0 radical (unpaired) electrons. The number of aryl methyl sites for hydroxylation is 1. The van der Waals surface area contributed by atoms with E-state index in [0.29, 0.717) is 0 Å². The summed E-state index contributed by atoms with van der Waals surface area (Å²) < 4.78 is 0. The number of nitrogens with two attached hydrogens (primary N) is 1. The lowest BCUT2D eigenvalue weighted by Gasteiger charge is -2.08. The predicted molar refractivity (Wildman–Crippen MR) is 41.6 cm³/mol. The van der Waals surface area contributed by atoms with Gasteiger partial charge in [0.15, 0.2) is 0 Å². The van der Waals surface area contributed by atoms with Crippen LogP contribution in [0.25, 0.3) is 0 Å². The largest absolute Gasteiger partial charge is 0.305 e. The molecular weight excluding hydrogens is 132 g/mol. The lowest BCUT2D eigenvalue weighted by Crippen LogP contribution is -2.24. The molecule has 1 aromatic heterocycles. The molecule has 0 fully saturated rings. The van der Waals surface area contributed by atoms with Gasteiger partial charge in [-0.2, -0.15) is 0 Å². The molecule has 2 N–H and O–H groups in total. The third-order valence-corrected chi connectivity index (χ3v) is 2.26. The Bertz CT molecular complexity index is 193. The molecule has 3 heteroatoms. The van der Waals surface area contributed by atoms with Gasteiger partial charge in [-0.15, -0.1) is 11.3 Å². The lowest BCUT2D eigenvalue weighted by molar-refractivity contribution is 1.03. The zero-order valence-electron chi connectivity index (χ0n) is 5.59. The highest BCUT2D eigenvalue weighted by Gasteiger charge is 1.99. The van der Waals surface area contributed by atoms with Crippen molar-refractivity contribution in [1.29, 1.82) is 0 Å². The van der Waals surface area contributed by atoms with E-state index in [0.717, 1.165) is 5.00 Å². The van der Waals surface area contributed by atoms with Crippen LogP contribution in [0.3, 0.4) is 0 Å². The molecule has 1 heterocycles. The normalized spacial score (nSPS) is 9.67. The predicted octanol–water partition coefficient (Wildman–Crippen LogP) is 1.37. The number of rotatable bonds is 1. The van der Waals surface area contributed by atoms with Gasteiger partial charge in [0.2, 0.25) is 0 Å². The van der Waals surface area contributed by atoms with Crippen LogP contribution in [0.5, 0.6) is 0 Å². The molecule has 0 aliphatic heterocycles. The van der Waals surface area contributed by atoms with Gasteiger partial charge >= 0.3 is 0 Å². The number of thiophene rings is 1. The molecular formula is C6H10N2S. The van der Waals surface area contributed by atoms with Crippen molar-refractivity contribution < 1.29 is 0 Å². The monoisotopic (exact) mass is 142 g/mol. The summed E-state index contributed by atoms with van der Waals surface area (Å²) in [6, 6.07) is 2.06. The van der Waals surface area contributed by atoms with Gasteiger partial charge in [0.25, 0.3) is 0 Å². The van der Waals surface area contributed by atoms with Crippen molar-refractivity contribution in [3.8, 4) is 0 Å². The molecule has 2 nitrogen and oxygen atoms in total. The second-order valence-corrected chi connectivity index (χ2v) is 2.91. The first-order valence-electron chi connectivity index (χ1n) is 2.74. The maximum Gasteiger partial charge on any atom is 0.108 e. The molecule has 0 unspecified atom stereocenters. The second kappa shape index (κ2) is 2.37. The van der Waals surface area contributed by atoms with E-state index in [1.54, 1.807) is 16.3 Å². The quantitative estimate of drug-likeness (QED) is 0.474. The van der Waals surface area contributed by atoms with Crippen molar-refractivity contribution in [1.82, 2.24) is 0 Å². The van der Waals surface area contributed by atoms with Gasteiger partial charge < -0.3 is 5.01 Å².